The van der Waals surface area contributed by atoms with Crippen molar-refractivity contribution < 1.29 is 19.9 Å². The zero-order valence-corrected chi connectivity index (χ0v) is 11.0. The van der Waals surface area contributed by atoms with E-state index in [0.29, 0.717) is 12.2 Å². The van der Waals surface area contributed by atoms with Crippen LogP contribution >= 0.6 is 0 Å². The lowest BCUT2D eigenvalue weighted by Crippen LogP contribution is -2.36. The van der Waals surface area contributed by atoms with Gasteiger partial charge in [0.15, 0.2) is 0 Å². The van der Waals surface area contributed by atoms with E-state index < -0.39 is 10.9 Å². The minimum Gasteiger partial charge on any atom is -0.478 e. The van der Waals surface area contributed by atoms with Crippen molar-refractivity contribution >= 4 is 17.3 Å². The number of hydrogen-bond acceptors (Lipinski definition) is 5. The molecule has 2 N–H and O–H groups in total. The summed E-state index contributed by atoms with van der Waals surface area (Å²) in [6, 6.07) is 3.48. The van der Waals surface area contributed by atoms with E-state index in [2.05, 4.69) is 0 Å². The lowest BCUT2D eigenvalue weighted by molar-refractivity contribution is -0.384. The average molecular weight is 280 g/mol. The molecule has 20 heavy (non-hydrogen) atoms. The Hall–Kier alpha value is -2.15. The van der Waals surface area contributed by atoms with Crippen LogP contribution in [-0.4, -0.2) is 40.3 Å². The topological polar surface area (TPSA) is 104 Å². The van der Waals surface area contributed by atoms with Crippen LogP contribution in [-0.2, 0) is 0 Å². The van der Waals surface area contributed by atoms with Crippen molar-refractivity contribution in [2.75, 3.05) is 18.1 Å². The van der Waals surface area contributed by atoms with E-state index >= 15 is 0 Å². The molecule has 0 aliphatic carbocycles. The molecule has 1 heterocycles. The summed E-state index contributed by atoms with van der Waals surface area (Å²) in [4.78, 5) is 23.3. The molecule has 1 aromatic carbocycles. The van der Waals surface area contributed by atoms with Gasteiger partial charge in [-0.15, -0.1) is 0 Å². The molecule has 2 rings (SSSR count). The van der Waals surface area contributed by atoms with Crippen molar-refractivity contribution in [1.82, 2.24) is 0 Å². The average Bonchev–Trinajstić information content (AvgIpc) is 2.78. The van der Waals surface area contributed by atoms with E-state index in [1.54, 1.807) is 4.90 Å². The number of aliphatic hydroxyl groups excluding tert-OH is 1. The third-order valence-electron chi connectivity index (χ3n) is 3.80. The first-order valence-electron chi connectivity index (χ1n) is 6.35. The van der Waals surface area contributed by atoms with Crippen molar-refractivity contribution in [2.45, 2.75) is 19.4 Å². The van der Waals surface area contributed by atoms with Gasteiger partial charge < -0.3 is 15.1 Å². The second-order valence-corrected chi connectivity index (χ2v) is 4.97. The number of carbonyl (C=O) groups is 1. The number of rotatable bonds is 4. The standard InChI is InChI=1S/C13H16N2O5/c1-8-4-5-14(12(8)7-16)11-6-9(15(19)20)2-3-10(11)13(17)18/h2-3,6,8,12,16H,4-5,7H2,1H3,(H,17,18). The maximum atomic E-state index is 11.3. The summed E-state index contributed by atoms with van der Waals surface area (Å²) in [7, 11) is 0. The van der Waals surface area contributed by atoms with E-state index in [1.807, 2.05) is 6.92 Å². The minimum absolute atomic E-state index is 0.0168. The maximum Gasteiger partial charge on any atom is 0.337 e. The zero-order chi connectivity index (χ0) is 14.9. The van der Waals surface area contributed by atoms with Gasteiger partial charge in [-0.3, -0.25) is 10.1 Å². The fraction of sp³-hybridized carbons (Fsp3) is 0.462. The molecule has 1 aliphatic rings. The van der Waals surface area contributed by atoms with Crippen molar-refractivity contribution in [3.05, 3.63) is 33.9 Å². The molecule has 2 unspecified atom stereocenters. The summed E-state index contributed by atoms with van der Waals surface area (Å²) >= 11 is 0. The monoisotopic (exact) mass is 280 g/mol. The largest absolute Gasteiger partial charge is 0.478 e. The second kappa shape index (κ2) is 5.46. The normalized spacial score (nSPS) is 22.0. The van der Waals surface area contributed by atoms with Gasteiger partial charge in [-0.2, -0.15) is 0 Å². The van der Waals surface area contributed by atoms with Crippen LogP contribution in [0.15, 0.2) is 18.2 Å². The first-order chi connectivity index (χ1) is 9.45. The van der Waals surface area contributed by atoms with Crippen LogP contribution in [0.4, 0.5) is 11.4 Å². The molecular formula is C13H16N2O5. The van der Waals surface area contributed by atoms with Gasteiger partial charge in [0.25, 0.3) is 5.69 Å². The Morgan fingerprint density at radius 1 is 1.55 bits per heavy atom. The fourth-order valence-corrected chi connectivity index (χ4v) is 2.64. The molecule has 0 spiro atoms. The van der Waals surface area contributed by atoms with Crippen LogP contribution in [0, 0.1) is 16.0 Å². The fourth-order valence-electron chi connectivity index (χ4n) is 2.64. The first-order valence-corrected chi connectivity index (χ1v) is 6.35. The Morgan fingerprint density at radius 3 is 2.80 bits per heavy atom. The summed E-state index contributed by atoms with van der Waals surface area (Å²) in [6.45, 7) is 2.44. The number of anilines is 1. The zero-order valence-electron chi connectivity index (χ0n) is 11.0. The number of nitrogens with zero attached hydrogens (tertiary/aromatic N) is 2. The molecule has 1 fully saturated rings. The van der Waals surface area contributed by atoms with Crippen LogP contribution in [0.5, 0.6) is 0 Å². The van der Waals surface area contributed by atoms with Crippen LogP contribution < -0.4 is 4.90 Å². The van der Waals surface area contributed by atoms with Crippen LogP contribution in [0.1, 0.15) is 23.7 Å². The lowest BCUT2D eigenvalue weighted by atomic mass is 10.0. The number of nitro groups is 1. The van der Waals surface area contributed by atoms with Crippen molar-refractivity contribution in [2.24, 2.45) is 5.92 Å². The molecule has 1 saturated heterocycles. The molecule has 0 aromatic heterocycles. The molecule has 1 aromatic rings. The summed E-state index contributed by atoms with van der Waals surface area (Å²) < 4.78 is 0. The highest BCUT2D eigenvalue weighted by Gasteiger charge is 2.33. The Morgan fingerprint density at radius 2 is 2.25 bits per heavy atom. The molecule has 108 valence electrons. The molecular weight excluding hydrogens is 264 g/mol. The number of carboxylic acid groups (broad SMARTS) is 1. The molecule has 0 amide bonds. The van der Waals surface area contributed by atoms with Gasteiger partial charge in [-0.1, -0.05) is 6.92 Å². The summed E-state index contributed by atoms with van der Waals surface area (Å²) in [5.41, 5.74) is 0.166. The highest BCUT2D eigenvalue weighted by atomic mass is 16.6. The highest BCUT2D eigenvalue weighted by molar-refractivity contribution is 5.95. The van der Waals surface area contributed by atoms with Gasteiger partial charge >= 0.3 is 5.97 Å². The number of nitro benzene ring substituents is 1. The summed E-state index contributed by atoms with van der Waals surface area (Å²) in [5, 5.41) is 29.5. The Bertz CT molecular complexity index is 546. The van der Waals surface area contributed by atoms with Gasteiger partial charge in [-0.05, 0) is 18.4 Å². The second-order valence-electron chi connectivity index (χ2n) is 4.97. The Balaban J connectivity index is 2.50. The van der Waals surface area contributed by atoms with Gasteiger partial charge in [0.1, 0.15) is 0 Å². The van der Waals surface area contributed by atoms with E-state index in [1.165, 1.54) is 18.2 Å². The number of non-ortho nitro benzene ring substituents is 1. The molecule has 7 heteroatoms. The quantitative estimate of drug-likeness (QED) is 0.639. The van der Waals surface area contributed by atoms with Crippen molar-refractivity contribution in [3.63, 3.8) is 0 Å². The summed E-state index contributed by atoms with van der Waals surface area (Å²) in [6.07, 6.45) is 0.812. The lowest BCUT2D eigenvalue weighted by Gasteiger charge is -2.28. The van der Waals surface area contributed by atoms with Gasteiger partial charge in [0, 0.05) is 18.7 Å². The van der Waals surface area contributed by atoms with Crippen molar-refractivity contribution in [3.8, 4) is 0 Å². The van der Waals surface area contributed by atoms with Gasteiger partial charge in [-0.25, -0.2) is 4.79 Å². The SMILES string of the molecule is CC1CCN(c2cc([N+](=O)[O-])ccc2C(=O)O)C1CO. The van der Waals surface area contributed by atoms with Crippen LogP contribution in [0.2, 0.25) is 0 Å². The van der Waals surface area contributed by atoms with E-state index in [-0.39, 0.29) is 29.8 Å². The highest BCUT2D eigenvalue weighted by Crippen LogP contribution is 2.34. The number of hydrogen-bond donors (Lipinski definition) is 2. The molecule has 0 radical (unpaired) electrons. The van der Waals surface area contributed by atoms with E-state index in [9.17, 15) is 25.1 Å². The Kier molecular flexibility index (Phi) is 3.89. The Labute approximate surface area is 115 Å². The minimum atomic E-state index is -1.13. The van der Waals surface area contributed by atoms with Gasteiger partial charge in [0.05, 0.1) is 28.8 Å². The first kappa shape index (κ1) is 14.3. The van der Waals surface area contributed by atoms with Crippen LogP contribution in [0.3, 0.4) is 0 Å². The van der Waals surface area contributed by atoms with E-state index in [0.717, 1.165) is 6.42 Å². The predicted octanol–water partition coefficient (Wildman–Crippen LogP) is 1.50. The molecule has 0 saturated carbocycles. The molecule has 7 nitrogen and oxygen atoms in total. The molecule has 1 aliphatic heterocycles. The number of carboxylic acids is 1. The van der Waals surface area contributed by atoms with Crippen LogP contribution in [0.25, 0.3) is 0 Å². The summed E-state index contributed by atoms with van der Waals surface area (Å²) in [5.74, 6) is -0.924. The maximum absolute atomic E-state index is 11.3. The van der Waals surface area contributed by atoms with Crippen molar-refractivity contribution in [1.29, 1.82) is 0 Å². The number of benzene rings is 1. The molecule has 2 atom stereocenters. The number of aromatic carboxylic acids is 1. The third-order valence-corrected chi connectivity index (χ3v) is 3.80. The smallest absolute Gasteiger partial charge is 0.337 e. The van der Waals surface area contributed by atoms with E-state index in [4.69, 9.17) is 0 Å². The molecule has 0 bridgehead atoms. The van der Waals surface area contributed by atoms with Gasteiger partial charge in [0.2, 0.25) is 0 Å². The predicted molar refractivity (Wildman–Crippen MR) is 72.1 cm³/mol. The third kappa shape index (κ3) is 2.44. The number of aliphatic hydroxyl groups is 1.